The molecule has 0 saturated heterocycles. The van der Waals surface area contributed by atoms with Crippen molar-refractivity contribution < 1.29 is 4.42 Å². The lowest BCUT2D eigenvalue weighted by molar-refractivity contribution is 0.441. The van der Waals surface area contributed by atoms with E-state index in [9.17, 15) is 0 Å². The number of nitrogens with one attached hydrogen (secondary N) is 1. The molecule has 1 atom stereocenters. The van der Waals surface area contributed by atoms with Crippen molar-refractivity contribution in [3.63, 3.8) is 0 Å². The number of hydrogen-bond acceptors (Lipinski definition) is 5. The fraction of sp³-hybridized carbons (Fsp3) is 0.429. The maximum absolute atomic E-state index is 5.61. The number of aromatic nitrogens is 2. The lowest BCUT2D eigenvalue weighted by atomic mass is 10.1. The SMILES string of the molecule is CCc1nnc(CN2c3ccccc3NCC2C)o1. The fourth-order valence-electron chi connectivity index (χ4n) is 2.36. The van der Waals surface area contributed by atoms with Crippen molar-refractivity contribution >= 4 is 11.4 Å². The minimum Gasteiger partial charge on any atom is -0.423 e. The minimum absolute atomic E-state index is 0.395. The maximum Gasteiger partial charge on any atom is 0.235 e. The van der Waals surface area contributed by atoms with Gasteiger partial charge in [-0.25, -0.2) is 0 Å². The summed E-state index contributed by atoms with van der Waals surface area (Å²) in [7, 11) is 0. The molecule has 0 spiro atoms. The van der Waals surface area contributed by atoms with Crippen LogP contribution in [0.4, 0.5) is 11.4 Å². The number of hydrogen-bond donors (Lipinski definition) is 1. The fourth-order valence-corrected chi connectivity index (χ4v) is 2.36. The average molecular weight is 258 g/mol. The minimum atomic E-state index is 0.395. The molecule has 100 valence electrons. The Hall–Kier alpha value is -2.04. The Bertz CT molecular complexity index is 566. The molecule has 0 fully saturated rings. The van der Waals surface area contributed by atoms with Crippen LogP contribution in [0.25, 0.3) is 0 Å². The second-order valence-electron chi connectivity index (χ2n) is 4.82. The lowest BCUT2D eigenvalue weighted by Crippen LogP contribution is -2.41. The van der Waals surface area contributed by atoms with Crippen molar-refractivity contribution in [1.82, 2.24) is 10.2 Å². The summed E-state index contributed by atoms with van der Waals surface area (Å²) >= 11 is 0. The zero-order valence-corrected chi connectivity index (χ0v) is 11.3. The molecular formula is C14H18N4O. The molecule has 1 aliphatic heterocycles. The zero-order valence-electron chi connectivity index (χ0n) is 11.3. The monoisotopic (exact) mass is 258 g/mol. The van der Waals surface area contributed by atoms with E-state index < -0.39 is 0 Å². The molecule has 0 bridgehead atoms. The van der Waals surface area contributed by atoms with E-state index in [1.807, 2.05) is 13.0 Å². The summed E-state index contributed by atoms with van der Waals surface area (Å²) in [5.74, 6) is 1.38. The van der Waals surface area contributed by atoms with E-state index in [0.29, 0.717) is 24.4 Å². The molecule has 1 N–H and O–H groups in total. The molecule has 0 amide bonds. The number of nitrogens with zero attached hydrogens (tertiary/aromatic N) is 3. The molecule has 2 aromatic rings. The maximum atomic E-state index is 5.61. The number of para-hydroxylation sites is 2. The summed E-state index contributed by atoms with van der Waals surface area (Å²) in [5, 5.41) is 11.6. The third kappa shape index (κ3) is 2.28. The quantitative estimate of drug-likeness (QED) is 0.916. The standard InChI is InChI=1S/C14H18N4O/c1-3-13-16-17-14(19-13)9-18-10(2)8-15-11-6-4-5-7-12(11)18/h4-7,10,15H,3,8-9H2,1-2H3. The molecule has 1 aliphatic rings. The first-order chi connectivity index (χ1) is 9.28. The Labute approximate surface area is 112 Å². The first kappa shape index (κ1) is 12.0. The summed E-state index contributed by atoms with van der Waals surface area (Å²) in [4.78, 5) is 2.30. The second kappa shape index (κ2) is 4.91. The van der Waals surface area contributed by atoms with Gasteiger partial charge in [0.15, 0.2) is 0 Å². The van der Waals surface area contributed by atoms with Gasteiger partial charge >= 0.3 is 0 Å². The summed E-state index contributed by atoms with van der Waals surface area (Å²) < 4.78 is 5.61. The highest BCUT2D eigenvalue weighted by atomic mass is 16.4. The molecule has 0 radical (unpaired) electrons. The van der Waals surface area contributed by atoms with Crippen LogP contribution in [0, 0.1) is 0 Å². The van der Waals surface area contributed by atoms with Gasteiger partial charge in [-0.05, 0) is 19.1 Å². The van der Waals surface area contributed by atoms with Crippen LogP contribution in [0.1, 0.15) is 25.6 Å². The van der Waals surface area contributed by atoms with Gasteiger partial charge in [0.05, 0.1) is 17.9 Å². The molecular weight excluding hydrogens is 240 g/mol. The van der Waals surface area contributed by atoms with E-state index in [1.165, 1.54) is 5.69 Å². The van der Waals surface area contributed by atoms with Crippen molar-refractivity contribution in [2.45, 2.75) is 32.9 Å². The van der Waals surface area contributed by atoms with Crippen molar-refractivity contribution in [2.24, 2.45) is 0 Å². The Morgan fingerprint density at radius 3 is 2.89 bits per heavy atom. The molecule has 5 nitrogen and oxygen atoms in total. The molecule has 0 aliphatic carbocycles. The van der Waals surface area contributed by atoms with E-state index in [1.54, 1.807) is 0 Å². The van der Waals surface area contributed by atoms with Gasteiger partial charge in [0, 0.05) is 19.0 Å². The molecule has 0 saturated carbocycles. The first-order valence-corrected chi connectivity index (χ1v) is 6.68. The molecule has 1 unspecified atom stereocenters. The number of fused-ring (bicyclic) bond motifs is 1. The molecule has 3 rings (SSSR count). The van der Waals surface area contributed by atoms with E-state index in [4.69, 9.17) is 4.42 Å². The number of anilines is 2. The summed E-state index contributed by atoms with van der Waals surface area (Å²) in [6.07, 6.45) is 0.778. The predicted molar refractivity (Wildman–Crippen MR) is 74.3 cm³/mol. The Kier molecular flexibility index (Phi) is 3.11. The van der Waals surface area contributed by atoms with Crippen LogP contribution in [0.3, 0.4) is 0 Å². The predicted octanol–water partition coefficient (Wildman–Crippen LogP) is 2.45. The van der Waals surface area contributed by atoms with Gasteiger partial charge in [0.1, 0.15) is 0 Å². The van der Waals surface area contributed by atoms with Gasteiger partial charge in [0.25, 0.3) is 0 Å². The Balaban J connectivity index is 1.87. The molecule has 19 heavy (non-hydrogen) atoms. The number of aryl methyl sites for hydroxylation is 1. The first-order valence-electron chi connectivity index (χ1n) is 6.68. The average Bonchev–Trinajstić information content (AvgIpc) is 2.90. The molecule has 2 heterocycles. The van der Waals surface area contributed by atoms with Crippen molar-refractivity contribution in [3.05, 3.63) is 36.0 Å². The van der Waals surface area contributed by atoms with Crippen LogP contribution in [0.2, 0.25) is 0 Å². The third-order valence-corrected chi connectivity index (χ3v) is 3.45. The normalized spacial score (nSPS) is 18.0. The highest BCUT2D eigenvalue weighted by Gasteiger charge is 2.24. The van der Waals surface area contributed by atoms with Crippen LogP contribution in [-0.2, 0) is 13.0 Å². The van der Waals surface area contributed by atoms with Crippen LogP contribution in [-0.4, -0.2) is 22.8 Å². The number of benzene rings is 1. The zero-order chi connectivity index (χ0) is 13.2. The summed E-state index contributed by atoms with van der Waals surface area (Å²) in [6, 6.07) is 8.71. The lowest BCUT2D eigenvalue weighted by Gasteiger charge is -2.36. The van der Waals surface area contributed by atoms with Gasteiger partial charge in [0.2, 0.25) is 11.8 Å². The van der Waals surface area contributed by atoms with Crippen molar-refractivity contribution in [2.75, 3.05) is 16.8 Å². The van der Waals surface area contributed by atoms with E-state index in [-0.39, 0.29) is 0 Å². The van der Waals surface area contributed by atoms with Gasteiger partial charge in [-0.2, -0.15) is 0 Å². The van der Waals surface area contributed by atoms with E-state index >= 15 is 0 Å². The van der Waals surface area contributed by atoms with Gasteiger partial charge in [-0.3, -0.25) is 0 Å². The topological polar surface area (TPSA) is 54.2 Å². The van der Waals surface area contributed by atoms with Crippen molar-refractivity contribution in [1.29, 1.82) is 0 Å². The molecule has 1 aromatic carbocycles. The van der Waals surface area contributed by atoms with Gasteiger partial charge in [-0.15, -0.1) is 10.2 Å². The number of rotatable bonds is 3. The molecule has 5 heteroatoms. The van der Waals surface area contributed by atoms with Crippen LogP contribution < -0.4 is 10.2 Å². The van der Waals surface area contributed by atoms with Crippen LogP contribution in [0.5, 0.6) is 0 Å². The highest BCUT2D eigenvalue weighted by Crippen LogP contribution is 2.32. The highest BCUT2D eigenvalue weighted by molar-refractivity contribution is 5.72. The largest absolute Gasteiger partial charge is 0.423 e. The van der Waals surface area contributed by atoms with E-state index in [0.717, 1.165) is 18.7 Å². The second-order valence-corrected chi connectivity index (χ2v) is 4.82. The van der Waals surface area contributed by atoms with Gasteiger partial charge in [-0.1, -0.05) is 19.1 Å². The smallest absolute Gasteiger partial charge is 0.235 e. The van der Waals surface area contributed by atoms with Crippen molar-refractivity contribution in [3.8, 4) is 0 Å². The Morgan fingerprint density at radius 1 is 1.32 bits per heavy atom. The van der Waals surface area contributed by atoms with Gasteiger partial charge < -0.3 is 14.6 Å². The van der Waals surface area contributed by atoms with Crippen LogP contribution >= 0.6 is 0 Å². The summed E-state index contributed by atoms with van der Waals surface area (Å²) in [5.41, 5.74) is 2.35. The van der Waals surface area contributed by atoms with Crippen LogP contribution in [0.15, 0.2) is 28.7 Å². The third-order valence-electron chi connectivity index (χ3n) is 3.45. The molecule has 1 aromatic heterocycles. The summed E-state index contributed by atoms with van der Waals surface area (Å²) in [6.45, 7) is 5.79. The Morgan fingerprint density at radius 2 is 2.11 bits per heavy atom. The van der Waals surface area contributed by atoms with E-state index in [2.05, 4.69) is 45.5 Å².